The number of likely N-dealkylation sites (tertiary alicyclic amines) is 1. The van der Waals surface area contributed by atoms with Crippen molar-refractivity contribution in [3.8, 4) is 28.4 Å². The molecule has 4 nitrogen and oxygen atoms in total. The highest BCUT2D eigenvalue weighted by Gasteiger charge is 2.22. The van der Waals surface area contributed by atoms with E-state index in [0.29, 0.717) is 6.61 Å². The monoisotopic (exact) mass is 513 g/mol. The molecule has 0 radical (unpaired) electrons. The molecule has 5 heteroatoms. The summed E-state index contributed by atoms with van der Waals surface area (Å²) in [5.74, 6) is 2.39. The zero-order valence-electron chi connectivity index (χ0n) is 21.4. The van der Waals surface area contributed by atoms with Crippen LogP contribution >= 0.6 is 11.8 Å². The van der Waals surface area contributed by atoms with E-state index in [1.807, 2.05) is 36.0 Å². The largest absolute Gasteiger partial charge is 0.508 e. The molecule has 0 spiro atoms. The van der Waals surface area contributed by atoms with Gasteiger partial charge in [-0.25, -0.2) is 0 Å². The molecular weight excluding hydrogens is 478 g/mol. The molecule has 0 amide bonds. The van der Waals surface area contributed by atoms with Crippen molar-refractivity contribution in [1.82, 2.24) is 4.90 Å². The second-order valence-electron chi connectivity index (χ2n) is 9.63. The SMILES string of the molecule is CCSC(c1ccc(OCCN2CCCCC2)cc1)c1c(-c2ccc(O)cc2)ccc2cc(O)ccc12. The molecule has 0 aromatic heterocycles. The van der Waals surface area contributed by atoms with Gasteiger partial charge in [-0.3, -0.25) is 4.90 Å². The molecule has 192 valence electrons. The van der Waals surface area contributed by atoms with Crippen LogP contribution in [-0.4, -0.2) is 47.1 Å². The summed E-state index contributed by atoms with van der Waals surface area (Å²) in [6.07, 6.45) is 3.94. The van der Waals surface area contributed by atoms with Crippen molar-refractivity contribution in [3.63, 3.8) is 0 Å². The summed E-state index contributed by atoms with van der Waals surface area (Å²) >= 11 is 1.90. The third-order valence-electron chi connectivity index (χ3n) is 7.13. The third kappa shape index (κ3) is 6.06. The topological polar surface area (TPSA) is 52.9 Å². The number of aromatic hydroxyl groups is 2. The van der Waals surface area contributed by atoms with Gasteiger partial charge in [0.2, 0.25) is 0 Å². The number of phenols is 2. The first-order chi connectivity index (χ1) is 18.1. The van der Waals surface area contributed by atoms with E-state index >= 15 is 0 Å². The minimum atomic E-state index is 0.101. The Morgan fingerprint density at radius 1 is 0.838 bits per heavy atom. The van der Waals surface area contributed by atoms with Gasteiger partial charge < -0.3 is 14.9 Å². The van der Waals surface area contributed by atoms with Crippen LogP contribution in [0.1, 0.15) is 42.6 Å². The number of benzene rings is 4. The van der Waals surface area contributed by atoms with Crippen LogP contribution in [-0.2, 0) is 0 Å². The number of nitrogens with zero attached hydrogens (tertiary/aromatic N) is 1. The van der Waals surface area contributed by atoms with E-state index in [1.165, 1.54) is 43.5 Å². The van der Waals surface area contributed by atoms with Crippen molar-refractivity contribution in [3.05, 3.63) is 90.0 Å². The summed E-state index contributed by atoms with van der Waals surface area (Å²) in [6.45, 7) is 6.25. The molecule has 0 bridgehead atoms. The highest BCUT2D eigenvalue weighted by Crippen LogP contribution is 2.45. The van der Waals surface area contributed by atoms with Crippen LogP contribution in [0.15, 0.2) is 78.9 Å². The van der Waals surface area contributed by atoms with E-state index in [0.717, 1.165) is 39.9 Å². The Morgan fingerprint density at radius 2 is 1.57 bits per heavy atom. The predicted molar refractivity (Wildman–Crippen MR) is 155 cm³/mol. The van der Waals surface area contributed by atoms with Gasteiger partial charge in [-0.15, -0.1) is 11.8 Å². The first-order valence-electron chi connectivity index (χ1n) is 13.2. The Bertz CT molecular complexity index is 1310. The quantitative estimate of drug-likeness (QED) is 0.241. The van der Waals surface area contributed by atoms with E-state index < -0.39 is 0 Å². The molecule has 4 aromatic rings. The summed E-state index contributed by atoms with van der Waals surface area (Å²) in [7, 11) is 0. The lowest BCUT2D eigenvalue weighted by Gasteiger charge is -2.26. The van der Waals surface area contributed by atoms with Crippen molar-refractivity contribution in [2.75, 3.05) is 32.0 Å². The first-order valence-corrected chi connectivity index (χ1v) is 14.3. The average Bonchev–Trinajstić information content (AvgIpc) is 2.93. The van der Waals surface area contributed by atoms with Crippen LogP contribution in [0.5, 0.6) is 17.2 Å². The molecule has 1 saturated heterocycles. The van der Waals surface area contributed by atoms with Gasteiger partial charge in [-0.1, -0.05) is 55.8 Å². The third-order valence-corrected chi connectivity index (χ3v) is 8.30. The van der Waals surface area contributed by atoms with Gasteiger partial charge in [0, 0.05) is 6.54 Å². The maximum absolute atomic E-state index is 10.1. The van der Waals surface area contributed by atoms with Crippen LogP contribution < -0.4 is 4.74 Å². The smallest absolute Gasteiger partial charge is 0.119 e. The lowest BCUT2D eigenvalue weighted by atomic mass is 9.89. The fourth-order valence-corrected chi connectivity index (χ4v) is 6.35. The van der Waals surface area contributed by atoms with Crippen LogP contribution in [0.2, 0.25) is 0 Å². The summed E-state index contributed by atoms with van der Waals surface area (Å²) in [5.41, 5.74) is 4.62. The second-order valence-corrected chi connectivity index (χ2v) is 11.0. The molecule has 1 heterocycles. The molecule has 1 unspecified atom stereocenters. The molecule has 1 fully saturated rings. The Morgan fingerprint density at radius 3 is 2.30 bits per heavy atom. The lowest BCUT2D eigenvalue weighted by Crippen LogP contribution is -2.33. The normalized spacial score (nSPS) is 15.1. The highest BCUT2D eigenvalue weighted by atomic mass is 32.2. The molecule has 37 heavy (non-hydrogen) atoms. The van der Waals surface area contributed by atoms with Crippen molar-refractivity contribution in [1.29, 1.82) is 0 Å². The Balaban J connectivity index is 1.47. The molecule has 1 atom stereocenters. The van der Waals surface area contributed by atoms with Crippen LogP contribution in [0.25, 0.3) is 21.9 Å². The van der Waals surface area contributed by atoms with Crippen LogP contribution in [0.3, 0.4) is 0 Å². The predicted octanol–water partition coefficient (Wildman–Crippen LogP) is 7.63. The molecule has 1 aliphatic rings. The van der Waals surface area contributed by atoms with Gasteiger partial charge in [0.25, 0.3) is 0 Å². The minimum Gasteiger partial charge on any atom is -0.508 e. The Hall–Kier alpha value is -3.15. The summed E-state index contributed by atoms with van der Waals surface area (Å²) in [5, 5.41) is 22.2. The Kier molecular flexibility index (Phi) is 8.22. The van der Waals surface area contributed by atoms with Crippen molar-refractivity contribution in [2.24, 2.45) is 0 Å². The number of rotatable bonds is 9. The molecule has 0 saturated carbocycles. The van der Waals surface area contributed by atoms with Crippen molar-refractivity contribution in [2.45, 2.75) is 31.4 Å². The van der Waals surface area contributed by atoms with Gasteiger partial charge in [0.05, 0.1) is 5.25 Å². The Labute approximate surface area is 223 Å². The van der Waals surface area contributed by atoms with Crippen molar-refractivity contribution >= 4 is 22.5 Å². The van der Waals surface area contributed by atoms with Gasteiger partial charge in [0.1, 0.15) is 23.9 Å². The molecule has 4 aromatic carbocycles. The zero-order chi connectivity index (χ0) is 25.6. The standard InChI is InChI=1S/C32H35NO3S/c1-2-37-32(24-8-14-28(15-9-24)36-21-20-33-18-4-3-5-19-33)31-29(23-6-11-26(34)12-7-23)16-10-25-22-27(35)13-17-30(25)31/h6-17,22,32,34-35H,2-5,18-21H2,1H3. The maximum Gasteiger partial charge on any atom is 0.119 e. The van der Waals surface area contributed by atoms with Gasteiger partial charge in [-0.05, 0) is 101 Å². The first kappa shape index (κ1) is 25.5. The molecule has 5 rings (SSSR count). The molecule has 1 aliphatic heterocycles. The maximum atomic E-state index is 10.1. The zero-order valence-corrected chi connectivity index (χ0v) is 22.2. The minimum absolute atomic E-state index is 0.101. The average molecular weight is 514 g/mol. The number of phenolic OH excluding ortho intramolecular Hbond substituents is 2. The van der Waals surface area contributed by atoms with E-state index in [2.05, 4.69) is 48.2 Å². The molecular formula is C32H35NO3S. The van der Waals surface area contributed by atoms with E-state index in [4.69, 9.17) is 4.74 Å². The number of ether oxygens (including phenoxy) is 1. The van der Waals surface area contributed by atoms with E-state index in [-0.39, 0.29) is 16.7 Å². The van der Waals surface area contributed by atoms with Gasteiger partial charge in [-0.2, -0.15) is 0 Å². The van der Waals surface area contributed by atoms with Gasteiger partial charge >= 0.3 is 0 Å². The fraction of sp³-hybridized carbons (Fsp3) is 0.312. The molecule has 2 N–H and O–H groups in total. The van der Waals surface area contributed by atoms with Crippen LogP contribution in [0, 0.1) is 0 Å². The van der Waals surface area contributed by atoms with E-state index in [9.17, 15) is 10.2 Å². The number of fused-ring (bicyclic) bond motifs is 1. The number of hydrogen-bond donors (Lipinski definition) is 2. The van der Waals surface area contributed by atoms with Crippen molar-refractivity contribution < 1.29 is 14.9 Å². The number of thioether (sulfide) groups is 1. The summed E-state index contributed by atoms with van der Waals surface area (Å²) in [4.78, 5) is 2.49. The van der Waals surface area contributed by atoms with Gasteiger partial charge in [0.15, 0.2) is 0 Å². The second kappa shape index (κ2) is 11.9. The summed E-state index contributed by atoms with van der Waals surface area (Å²) in [6, 6.07) is 25.7. The summed E-state index contributed by atoms with van der Waals surface area (Å²) < 4.78 is 6.10. The number of piperidine rings is 1. The lowest BCUT2D eigenvalue weighted by molar-refractivity contribution is 0.183. The fourth-order valence-electron chi connectivity index (χ4n) is 5.24. The van der Waals surface area contributed by atoms with Crippen LogP contribution in [0.4, 0.5) is 0 Å². The molecule has 0 aliphatic carbocycles. The number of hydrogen-bond acceptors (Lipinski definition) is 5. The highest BCUT2D eigenvalue weighted by molar-refractivity contribution is 7.99. The van der Waals surface area contributed by atoms with E-state index in [1.54, 1.807) is 18.2 Å².